The number of sulfonamides is 1. The molecular formula is C22H23N3O8S. The van der Waals surface area contributed by atoms with Crippen molar-refractivity contribution in [3.8, 4) is 5.75 Å². The van der Waals surface area contributed by atoms with Gasteiger partial charge in [-0.25, -0.2) is 13.2 Å². The predicted molar refractivity (Wildman–Crippen MR) is 125 cm³/mol. The smallest absolute Gasteiger partial charge is 0.340 e. The number of para-hydroxylation sites is 1. The highest BCUT2D eigenvalue weighted by Crippen LogP contribution is 2.36. The summed E-state index contributed by atoms with van der Waals surface area (Å²) in [6.07, 6.45) is 2.22. The number of fused-ring (bicyclic) bond motifs is 1. The lowest BCUT2D eigenvalue weighted by Gasteiger charge is -2.31. The molecule has 3 rings (SSSR count). The number of nitro groups is 1. The van der Waals surface area contributed by atoms with Gasteiger partial charge in [-0.3, -0.25) is 23.8 Å². The van der Waals surface area contributed by atoms with Gasteiger partial charge in [0.25, 0.3) is 11.6 Å². The van der Waals surface area contributed by atoms with Crippen LogP contribution < -0.4 is 9.04 Å². The fourth-order valence-electron chi connectivity index (χ4n) is 3.78. The zero-order chi connectivity index (χ0) is 25.2. The van der Waals surface area contributed by atoms with Crippen molar-refractivity contribution in [2.45, 2.75) is 19.4 Å². The van der Waals surface area contributed by atoms with Crippen LogP contribution in [0.25, 0.3) is 10.9 Å². The fourth-order valence-corrected chi connectivity index (χ4v) is 4.98. The molecule has 0 saturated carbocycles. The van der Waals surface area contributed by atoms with Crippen molar-refractivity contribution in [2.75, 3.05) is 24.8 Å². The van der Waals surface area contributed by atoms with Crippen LogP contribution in [-0.2, 0) is 14.8 Å². The summed E-state index contributed by atoms with van der Waals surface area (Å²) < 4.78 is 37.9. The summed E-state index contributed by atoms with van der Waals surface area (Å²) in [6.45, 7) is 1.61. The molecule has 12 heteroatoms. The summed E-state index contributed by atoms with van der Waals surface area (Å²) in [6, 6.07) is 8.81. The quantitative estimate of drug-likeness (QED) is 0.267. The molecule has 3 aromatic rings. The normalized spacial score (nSPS) is 12.2. The van der Waals surface area contributed by atoms with Gasteiger partial charge in [-0.1, -0.05) is 25.1 Å². The van der Waals surface area contributed by atoms with Crippen LogP contribution in [0.5, 0.6) is 5.75 Å². The molecule has 34 heavy (non-hydrogen) atoms. The van der Waals surface area contributed by atoms with Crippen molar-refractivity contribution in [1.29, 1.82) is 0 Å². The molecule has 1 heterocycles. The molecule has 2 aromatic carbocycles. The van der Waals surface area contributed by atoms with E-state index in [9.17, 15) is 28.1 Å². The number of esters is 1. The molecule has 0 aliphatic carbocycles. The molecule has 0 bridgehead atoms. The minimum Gasteiger partial charge on any atom is -0.495 e. The van der Waals surface area contributed by atoms with Crippen LogP contribution in [-0.4, -0.2) is 56.3 Å². The standard InChI is InChI=1S/C22H23N3O8S/c1-5-17(21(26)23-13-16(22(27)33-3)15-8-6-7-9-18(15)23)24(34(4,30)31)19-12-14(25(28)29)10-11-20(19)32-2/h6-13,17H,5H2,1-4H3/t17-/m1/s1. The number of non-ortho nitro benzene ring substituents is 1. The second-order valence-electron chi connectivity index (χ2n) is 7.36. The number of carbonyl (C=O) groups excluding carboxylic acids is 2. The Balaban J connectivity index is 2.24. The van der Waals surface area contributed by atoms with Crippen LogP contribution in [0.1, 0.15) is 28.5 Å². The highest BCUT2D eigenvalue weighted by molar-refractivity contribution is 7.92. The zero-order valence-corrected chi connectivity index (χ0v) is 19.7. The maximum atomic E-state index is 13.7. The Kier molecular flexibility index (Phi) is 6.91. The molecule has 0 unspecified atom stereocenters. The molecular weight excluding hydrogens is 466 g/mol. The number of carbonyl (C=O) groups is 2. The van der Waals surface area contributed by atoms with E-state index in [2.05, 4.69) is 0 Å². The Morgan fingerprint density at radius 1 is 1.18 bits per heavy atom. The van der Waals surface area contributed by atoms with E-state index in [4.69, 9.17) is 9.47 Å². The first-order chi connectivity index (χ1) is 16.0. The van der Waals surface area contributed by atoms with Crippen molar-refractivity contribution in [1.82, 2.24) is 4.57 Å². The van der Waals surface area contributed by atoms with E-state index < -0.39 is 32.9 Å². The van der Waals surface area contributed by atoms with Crippen molar-refractivity contribution in [3.05, 3.63) is 64.3 Å². The molecule has 11 nitrogen and oxygen atoms in total. The van der Waals surface area contributed by atoms with E-state index in [1.807, 2.05) is 0 Å². The lowest BCUT2D eigenvalue weighted by Crippen LogP contribution is -2.46. The summed E-state index contributed by atoms with van der Waals surface area (Å²) in [7, 11) is -1.62. The van der Waals surface area contributed by atoms with E-state index in [1.54, 1.807) is 31.2 Å². The number of benzene rings is 2. The first kappa shape index (κ1) is 24.7. The van der Waals surface area contributed by atoms with Crippen molar-refractivity contribution < 1.29 is 32.4 Å². The van der Waals surface area contributed by atoms with Gasteiger partial charge in [0, 0.05) is 23.7 Å². The van der Waals surface area contributed by atoms with Gasteiger partial charge < -0.3 is 9.47 Å². The fraction of sp³-hybridized carbons (Fsp3) is 0.273. The predicted octanol–water partition coefficient (Wildman–Crippen LogP) is 3.23. The number of anilines is 1. The average molecular weight is 490 g/mol. The Hall–Kier alpha value is -3.93. The molecule has 0 N–H and O–H groups in total. The van der Waals surface area contributed by atoms with Gasteiger partial charge in [0.05, 0.1) is 36.5 Å². The van der Waals surface area contributed by atoms with Crippen molar-refractivity contribution >= 4 is 44.2 Å². The Morgan fingerprint density at radius 3 is 2.41 bits per heavy atom. The van der Waals surface area contributed by atoms with E-state index in [0.29, 0.717) is 10.9 Å². The number of hydrogen-bond acceptors (Lipinski definition) is 8. The van der Waals surface area contributed by atoms with Gasteiger partial charge in [-0.05, 0) is 18.6 Å². The molecule has 0 aliphatic rings. The van der Waals surface area contributed by atoms with Gasteiger partial charge in [0.1, 0.15) is 17.5 Å². The molecule has 0 amide bonds. The average Bonchev–Trinajstić information content (AvgIpc) is 3.20. The minimum absolute atomic E-state index is 0.0256. The van der Waals surface area contributed by atoms with E-state index in [-0.39, 0.29) is 29.1 Å². The lowest BCUT2D eigenvalue weighted by atomic mass is 10.1. The molecule has 0 spiro atoms. The van der Waals surface area contributed by atoms with Crippen LogP contribution in [0.2, 0.25) is 0 Å². The SMILES string of the molecule is CC[C@H](C(=O)n1cc(C(=O)OC)c2ccccc21)N(c1cc([N+](=O)[O-])ccc1OC)S(C)(=O)=O. The molecule has 180 valence electrons. The third-order valence-electron chi connectivity index (χ3n) is 5.28. The first-order valence-corrected chi connectivity index (χ1v) is 11.9. The van der Waals surface area contributed by atoms with Crippen LogP contribution in [0, 0.1) is 10.1 Å². The molecule has 0 saturated heterocycles. The van der Waals surface area contributed by atoms with Crippen molar-refractivity contribution in [2.24, 2.45) is 0 Å². The summed E-state index contributed by atoms with van der Waals surface area (Å²) in [5.74, 6) is -1.28. The first-order valence-electron chi connectivity index (χ1n) is 10.1. The Morgan fingerprint density at radius 2 is 1.85 bits per heavy atom. The second-order valence-corrected chi connectivity index (χ2v) is 9.22. The zero-order valence-electron chi connectivity index (χ0n) is 18.9. The molecule has 0 fully saturated rings. The number of aromatic nitrogens is 1. The molecule has 1 aromatic heterocycles. The molecule has 1 atom stereocenters. The van der Waals surface area contributed by atoms with Gasteiger partial charge >= 0.3 is 5.97 Å². The molecule has 0 aliphatic heterocycles. The third-order valence-corrected chi connectivity index (χ3v) is 6.44. The third kappa shape index (κ3) is 4.44. The van der Waals surface area contributed by atoms with Gasteiger partial charge in [-0.2, -0.15) is 0 Å². The summed E-state index contributed by atoms with van der Waals surface area (Å²) in [4.78, 5) is 36.7. The maximum Gasteiger partial charge on any atom is 0.340 e. The number of hydrogen-bond donors (Lipinski definition) is 0. The van der Waals surface area contributed by atoms with Crippen LogP contribution >= 0.6 is 0 Å². The largest absolute Gasteiger partial charge is 0.495 e. The number of ether oxygens (including phenoxy) is 2. The van der Waals surface area contributed by atoms with Crippen LogP contribution in [0.4, 0.5) is 11.4 Å². The highest BCUT2D eigenvalue weighted by Gasteiger charge is 2.36. The monoisotopic (exact) mass is 489 g/mol. The van der Waals surface area contributed by atoms with Gasteiger partial charge in [0.2, 0.25) is 10.0 Å². The van der Waals surface area contributed by atoms with Crippen LogP contribution in [0.3, 0.4) is 0 Å². The van der Waals surface area contributed by atoms with Gasteiger partial charge in [0.15, 0.2) is 0 Å². The Labute approximate surface area is 195 Å². The molecule has 0 radical (unpaired) electrons. The number of nitro benzene ring substituents is 1. The summed E-state index contributed by atoms with van der Waals surface area (Å²) in [5.41, 5.74) is 0.00106. The van der Waals surface area contributed by atoms with E-state index in [0.717, 1.165) is 16.6 Å². The highest BCUT2D eigenvalue weighted by atomic mass is 32.2. The summed E-state index contributed by atoms with van der Waals surface area (Å²) >= 11 is 0. The van der Waals surface area contributed by atoms with Crippen LogP contribution in [0.15, 0.2) is 48.7 Å². The van der Waals surface area contributed by atoms with Gasteiger partial charge in [-0.15, -0.1) is 0 Å². The number of rotatable bonds is 8. The summed E-state index contributed by atoms with van der Waals surface area (Å²) in [5, 5.41) is 11.8. The second kappa shape index (κ2) is 9.51. The van der Waals surface area contributed by atoms with Crippen molar-refractivity contribution in [3.63, 3.8) is 0 Å². The number of nitrogens with zero attached hydrogens (tertiary/aromatic N) is 3. The van der Waals surface area contributed by atoms with E-state index in [1.165, 1.54) is 37.1 Å². The Bertz CT molecular complexity index is 1380. The number of methoxy groups -OCH3 is 2. The van der Waals surface area contributed by atoms with E-state index >= 15 is 0 Å². The minimum atomic E-state index is -4.12. The maximum absolute atomic E-state index is 13.7. The lowest BCUT2D eigenvalue weighted by molar-refractivity contribution is -0.384. The topological polar surface area (TPSA) is 138 Å².